The Hall–Kier alpha value is -2.22. The number of anilines is 2. The van der Waals surface area contributed by atoms with Crippen LogP contribution in [-0.2, 0) is 6.54 Å². The number of nitro groups is 1. The first-order valence-electron chi connectivity index (χ1n) is 5.12. The maximum Gasteiger partial charge on any atom is 0.332 e. The molecule has 0 fully saturated rings. The molecule has 0 aliphatic carbocycles. The SMILES string of the molecule is Cc1nc(N)nc(NCc2cccs2)c1[N+](=O)[O-]. The molecule has 0 atom stereocenters. The summed E-state index contributed by atoms with van der Waals surface area (Å²) in [6, 6.07) is 3.84. The van der Waals surface area contributed by atoms with Gasteiger partial charge in [-0.15, -0.1) is 11.3 Å². The summed E-state index contributed by atoms with van der Waals surface area (Å²) in [5.74, 6) is 0.171. The van der Waals surface area contributed by atoms with Crippen LogP contribution in [0.5, 0.6) is 0 Å². The summed E-state index contributed by atoms with van der Waals surface area (Å²) in [7, 11) is 0. The number of nitrogens with two attached hydrogens (primary N) is 1. The van der Waals surface area contributed by atoms with Gasteiger partial charge in [-0.3, -0.25) is 10.1 Å². The monoisotopic (exact) mass is 265 g/mol. The minimum absolute atomic E-state index is 0.0202. The van der Waals surface area contributed by atoms with Crippen molar-refractivity contribution in [2.75, 3.05) is 11.1 Å². The van der Waals surface area contributed by atoms with Crippen LogP contribution >= 0.6 is 11.3 Å². The number of hydrogen-bond acceptors (Lipinski definition) is 7. The zero-order valence-electron chi connectivity index (χ0n) is 9.58. The topological polar surface area (TPSA) is 107 Å². The predicted molar refractivity (Wildman–Crippen MR) is 69.5 cm³/mol. The van der Waals surface area contributed by atoms with Crippen molar-refractivity contribution in [2.45, 2.75) is 13.5 Å². The molecule has 3 N–H and O–H groups in total. The van der Waals surface area contributed by atoms with E-state index in [0.29, 0.717) is 6.54 Å². The van der Waals surface area contributed by atoms with Crippen molar-refractivity contribution in [3.05, 3.63) is 38.2 Å². The lowest BCUT2D eigenvalue weighted by Crippen LogP contribution is -2.09. The number of nitrogen functional groups attached to an aromatic ring is 1. The van der Waals surface area contributed by atoms with Crippen molar-refractivity contribution in [3.63, 3.8) is 0 Å². The fraction of sp³-hybridized carbons (Fsp3) is 0.200. The van der Waals surface area contributed by atoms with E-state index in [1.807, 2.05) is 17.5 Å². The fourth-order valence-corrected chi connectivity index (χ4v) is 2.16. The average molecular weight is 265 g/mol. The third-order valence-electron chi connectivity index (χ3n) is 2.27. The molecule has 0 saturated carbocycles. The Morgan fingerprint density at radius 2 is 2.33 bits per heavy atom. The van der Waals surface area contributed by atoms with Crippen molar-refractivity contribution in [2.24, 2.45) is 0 Å². The van der Waals surface area contributed by atoms with Crippen LogP contribution in [0.4, 0.5) is 17.5 Å². The summed E-state index contributed by atoms with van der Waals surface area (Å²) >= 11 is 1.56. The second-order valence-corrected chi connectivity index (χ2v) is 4.59. The van der Waals surface area contributed by atoms with E-state index in [4.69, 9.17) is 5.73 Å². The predicted octanol–water partition coefficient (Wildman–Crippen LogP) is 1.95. The first-order valence-corrected chi connectivity index (χ1v) is 6.00. The van der Waals surface area contributed by atoms with Crippen LogP contribution in [0.15, 0.2) is 17.5 Å². The molecule has 2 heterocycles. The highest BCUT2D eigenvalue weighted by Gasteiger charge is 2.21. The normalized spacial score (nSPS) is 10.3. The molecule has 0 aliphatic heterocycles. The number of rotatable bonds is 4. The van der Waals surface area contributed by atoms with Crippen molar-refractivity contribution < 1.29 is 4.92 Å². The fourth-order valence-electron chi connectivity index (χ4n) is 1.51. The van der Waals surface area contributed by atoms with Crippen LogP contribution in [-0.4, -0.2) is 14.9 Å². The maximum absolute atomic E-state index is 11.0. The van der Waals surface area contributed by atoms with Crippen molar-refractivity contribution in [3.8, 4) is 0 Å². The molecule has 8 heteroatoms. The molecule has 18 heavy (non-hydrogen) atoms. The molecule has 0 aliphatic rings. The van der Waals surface area contributed by atoms with Crippen LogP contribution in [0.1, 0.15) is 10.6 Å². The van der Waals surface area contributed by atoms with E-state index in [1.165, 1.54) is 6.92 Å². The lowest BCUT2D eigenvalue weighted by Gasteiger charge is -2.07. The van der Waals surface area contributed by atoms with Crippen LogP contribution < -0.4 is 11.1 Å². The quantitative estimate of drug-likeness (QED) is 0.646. The average Bonchev–Trinajstić information content (AvgIpc) is 2.77. The Balaban J connectivity index is 2.28. The van der Waals surface area contributed by atoms with Crippen LogP contribution in [0.3, 0.4) is 0 Å². The zero-order valence-corrected chi connectivity index (χ0v) is 10.4. The van der Waals surface area contributed by atoms with E-state index >= 15 is 0 Å². The Morgan fingerprint density at radius 1 is 1.56 bits per heavy atom. The van der Waals surface area contributed by atoms with Crippen molar-refractivity contribution in [1.82, 2.24) is 9.97 Å². The number of hydrogen-bond donors (Lipinski definition) is 2. The molecule has 0 amide bonds. The number of aryl methyl sites for hydroxylation is 1. The second kappa shape index (κ2) is 4.96. The number of nitrogens with one attached hydrogen (secondary N) is 1. The molecule has 0 radical (unpaired) electrons. The largest absolute Gasteiger partial charge is 0.368 e. The van der Waals surface area contributed by atoms with E-state index in [2.05, 4.69) is 15.3 Å². The lowest BCUT2D eigenvalue weighted by molar-refractivity contribution is -0.385. The van der Waals surface area contributed by atoms with E-state index < -0.39 is 4.92 Å². The van der Waals surface area contributed by atoms with Crippen LogP contribution in [0.25, 0.3) is 0 Å². The van der Waals surface area contributed by atoms with Crippen molar-refractivity contribution in [1.29, 1.82) is 0 Å². The van der Waals surface area contributed by atoms with Crippen LogP contribution in [0.2, 0.25) is 0 Å². The third kappa shape index (κ3) is 2.54. The summed E-state index contributed by atoms with van der Waals surface area (Å²) in [6.07, 6.45) is 0. The maximum atomic E-state index is 11.0. The minimum atomic E-state index is -0.508. The number of nitrogens with zero attached hydrogens (tertiary/aromatic N) is 3. The molecular formula is C10H11N5O2S. The third-order valence-corrected chi connectivity index (χ3v) is 3.14. The molecular weight excluding hydrogens is 254 g/mol. The number of thiophene rings is 1. The van der Waals surface area contributed by atoms with Gasteiger partial charge >= 0.3 is 5.69 Å². The second-order valence-electron chi connectivity index (χ2n) is 3.55. The van der Waals surface area contributed by atoms with E-state index in [0.717, 1.165) is 4.88 Å². The van der Waals surface area contributed by atoms with Gasteiger partial charge in [-0.05, 0) is 18.4 Å². The molecule has 0 bridgehead atoms. The molecule has 2 aromatic heterocycles. The van der Waals surface area contributed by atoms with Crippen LogP contribution in [0, 0.1) is 17.0 Å². The molecule has 0 saturated heterocycles. The Labute approximate surface area is 107 Å². The summed E-state index contributed by atoms with van der Waals surface area (Å²) in [6.45, 7) is 2.00. The van der Waals surface area contributed by atoms with Gasteiger partial charge in [-0.25, -0.2) is 4.98 Å². The van der Waals surface area contributed by atoms with Gasteiger partial charge in [0.05, 0.1) is 11.5 Å². The van der Waals surface area contributed by atoms with E-state index in [9.17, 15) is 10.1 Å². The molecule has 0 aromatic carbocycles. The van der Waals surface area contributed by atoms with Gasteiger partial charge in [0.1, 0.15) is 5.69 Å². The van der Waals surface area contributed by atoms with Crippen molar-refractivity contribution >= 4 is 28.8 Å². The highest BCUT2D eigenvalue weighted by molar-refractivity contribution is 7.09. The van der Waals surface area contributed by atoms with Gasteiger partial charge in [-0.1, -0.05) is 6.07 Å². The zero-order chi connectivity index (χ0) is 13.1. The Morgan fingerprint density at radius 3 is 2.94 bits per heavy atom. The van der Waals surface area contributed by atoms with Gasteiger partial charge in [0.15, 0.2) is 0 Å². The molecule has 2 aromatic rings. The van der Waals surface area contributed by atoms with E-state index in [1.54, 1.807) is 11.3 Å². The Bertz CT molecular complexity index is 570. The van der Waals surface area contributed by atoms with Gasteiger partial charge in [0.25, 0.3) is 0 Å². The highest BCUT2D eigenvalue weighted by atomic mass is 32.1. The van der Waals surface area contributed by atoms with Gasteiger partial charge in [0.2, 0.25) is 11.8 Å². The Kier molecular flexibility index (Phi) is 3.38. The minimum Gasteiger partial charge on any atom is -0.368 e. The first-order chi connectivity index (χ1) is 8.58. The summed E-state index contributed by atoms with van der Waals surface area (Å²) in [5.41, 5.74) is 5.61. The number of aromatic nitrogens is 2. The van der Waals surface area contributed by atoms with E-state index in [-0.39, 0.29) is 23.1 Å². The summed E-state index contributed by atoms with van der Waals surface area (Å²) < 4.78 is 0. The smallest absolute Gasteiger partial charge is 0.332 e. The lowest BCUT2D eigenvalue weighted by atomic mass is 10.3. The molecule has 7 nitrogen and oxygen atoms in total. The van der Waals surface area contributed by atoms with Gasteiger partial charge in [-0.2, -0.15) is 4.98 Å². The molecule has 94 valence electrons. The molecule has 2 rings (SSSR count). The first kappa shape index (κ1) is 12.2. The van der Waals surface area contributed by atoms with Gasteiger partial charge in [0, 0.05) is 4.88 Å². The summed E-state index contributed by atoms with van der Waals surface area (Å²) in [4.78, 5) is 19.2. The van der Waals surface area contributed by atoms with Gasteiger partial charge < -0.3 is 11.1 Å². The summed E-state index contributed by atoms with van der Waals surface area (Å²) in [5, 5.41) is 15.8. The molecule has 0 unspecified atom stereocenters. The standard InChI is InChI=1S/C10H11N5O2S/c1-6-8(15(16)17)9(14-10(11)13-6)12-5-7-3-2-4-18-7/h2-4H,5H2,1H3,(H3,11,12,13,14). The molecule has 0 spiro atoms. The highest BCUT2D eigenvalue weighted by Crippen LogP contribution is 2.26.